The fourth-order valence-corrected chi connectivity index (χ4v) is 2.22. The van der Waals surface area contributed by atoms with Gasteiger partial charge >= 0.3 is 6.09 Å². The number of carbonyl (C=O) groups is 2. The quantitative estimate of drug-likeness (QED) is 0.639. The van der Waals surface area contributed by atoms with Crippen molar-refractivity contribution in [2.24, 2.45) is 5.10 Å². The first-order chi connectivity index (χ1) is 12.2. The summed E-state index contributed by atoms with van der Waals surface area (Å²) in [7, 11) is 0. The Hall–Kier alpha value is -2.83. The van der Waals surface area contributed by atoms with Gasteiger partial charge in [0, 0.05) is 11.1 Å². The fraction of sp³-hybridized carbons (Fsp3) is 0.421. The lowest BCUT2D eigenvalue weighted by Crippen LogP contribution is -2.45. The number of hydrogen-bond donors (Lipinski definition) is 2. The van der Waals surface area contributed by atoms with Crippen LogP contribution in [0.1, 0.15) is 40.2 Å². The highest BCUT2D eigenvalue weighted by atomic mass is 16.6. The summed E-state index contributed by atoms with van der Waals surface area (Å²) in [5.41, 5.74) is 3.57. The van der Waals surface area contributed by atoms with Crippen molar-refractivity contribution >= 4 is 24.3 Å². The maximum atomic E-state index is 12.0. The summed E-state index contributed by atoms with van der Waals surface area (Å²) in [5, 5.41) is 6.42. The summed E-state index contributed by atoms with van der Waals surface area (Å²) in [4.78, 5) is 23.7. The second kappa shape index (κ2) is 8.03. The monoisotopic (exact) mass is 359 g/mol. The molecule has 0 aromatic heterocycles. The molecule has 7 nitrogen and oxygen atoms in total. The molecule has 1 aromatic carbocycles. The Morgan fingerprint density at radius 3 is 2.69 bits per heavy atom. The van der Waals surface area contributed by atoms with Crippen molar-refractivity contribution in [1.29, 1.82) is 0 Å². The molecular formula is C19H25N3O4. The van der Waals surface area contributed by atoms with Gasteiger partial charge in [-0.15, -0.1) is 0 Å². The number of benzene rings is 1. The van der Waals surface area contributed by atoms with Crippen LogP contribution in [0.15, 0.2) is 34.9 Å². The van der Waals surface area contributed by atoms with Crippen molar-refractivity contribution in [3.8, 4) is 5.75 Å². The molecule has 2 atom stereocenters. The lowest BCUT2D eigenvalue weighted by molar-refractivity contribution is -0.122. The normalized spacial score (nSPS) is 17.6. The summed E-state index contributed by atoms with van der Waals surface area (Å²) in [6.45, 7) is 8.71. The molecule has 2 rings (SSSR count). The topological polar surface area (TPSA) is 89.0 Å². The second-order valence-corrected chi connectivity index (χ2v) is 7.04. The van der Waals surface area contributed by atoms with E-state index >= 15 is 0 Å². The maximum Gasteiger partial charge on any atom is 0.408 e. The number of para-hydroxylation sites is 1. The van der Waals surface area contributed by atoms with E-state index in [4.69, 9.17) is 9.47 Å². The number of amides is 2. The fourth-order valence-electron chi connectivity index (χ4n) is 2.22. The molecule has 2 amide bonds. The molecule has 2 N–H and O–H groups in total. The molecule has 0 spiro atoms. The Bertz CT molecular complexity index is 735. The number of ether oxygens (including phenoxy) is 2. The first kappa shape index (κ1) is 19.5. The molecule has 26 heavy (non-hydrogen) atoms. The van der Waals surface area contributed by atoms with Crippen LogP contribution in [0.4, 0.5) is 4.79 Å². The number of hydrazone groups is 1. The van der Waals surface area contributed by atoms with Gasteiger partial charge in [-0.05, 0) is 46.8 Å². The molecule has 1 aliphatic rings. The van der Waals surface area contributed by atoms with E-state index in [1.54, 1.807) is 33.9 Å². The molecule has 2 unspecified atom stereocenters. The van der Waals surface area contributed by atoms with E-state index in [0.29, 0.717) is 0 Å². The van der Waals surface area contributed by atoms with E-state index in [0.717, 1.165) is 16.9 Å². The lowest BCUT2D eigenvalue weighted by Gasteiger charge is -2.22. The standard InChI is InChI=1S/C19H25N3O4/c1-12(21-18(24)26-19(3,4)5)17(23)22-20-11-15-10-14-8-6-7-9-16(14)25-13(15)2/h6-13H,1-5H3,(H,21,24)(H,22,23)/b20-11+. The minimum Gasteiger partial charge on any atom is -0.485 e. The Balaban J connectivity index is 1.90. The zero-order chi connectivity index (χ0) is 19.3. The van der Waals surface area contributed by atoms with E-state index in [9.17, 15) is 9.59 Å². The number of alkyl carbamates (subject to hydrolysis) is 1. The third-order valence-electron chi connectivity index (χ3n) is 3.53. The number of hydrogen-bond acceptors (Lipinski definition) is 5. The van der Waals surface area contributed by atoms with Gasteiger partial charge in [0.25, 0.3) is 5.91 Å². The van der Waals surface area contributed by atoms with Crippen molar-refractivity contribution in [3.05, 3.63) is 35.4 Å². The molecule has 0 radical (unpaired) electrons. The van der Waals surface area contributed by atoms with E-state index in [2.05, 4.69) is 15.8 Å². The highest BCUT2D eigenvalue weighted by molar-refractivity contribution is 5.90. The van der Waals surface area contributed by atoms with Gasteiger partial charge in [-0.3, -0.25) is 4.79 Å². The molecule has 140 valence electrons. The summed E-state index contributed by atoms with van der Waals surface area (Å²) in [6.07, 6.45) is 2.67. The summed E-state index contributed by atoms with van der Waals surface area (Å²) < 4.78 is 10.9. The van der Waals surface area contributed by atoms with Crippen LogP contribution in [0.3, 0.4) is 0 Å². The van der Waals surface area contributed by atoms with Gasteiger partial charge in [-0.25, -0.2) is 10.2 Å². The van der Waals surface area contributed by atoms with Gasteiger partial charge in [0.15, 0.2) is 0 Å². The van der Waals surface area contributed by atoms with Crippen LogP contribution >= 0.6 is 0 Å². The number of carbonyl (C=O) groups excluding carboxylic acids is 2. The Morgan fingerprint density at radius 1 is 1.31 bits per heavy atom. The first-order valence-electron chi connectivity index (χ1n) is 8.45. The highest BCUT2D eigenvalue weighted by Gasteiger charge is 2.21. The average molecular weight is 359 g/mol. The van der Waals surface area contributed by atoms with Gasteiger partial charge in [-0.2, -0.15) is 5.10 Å². The zero-order valence-electron chi connectivity index (χ0n) is 15.7. The van der Waals surface area contributed by atoms with Crippen molar-refractivity contribution in [3.63, 3.8) is 0 Å². The minimum atomic E-state index is -0.781. The van der Waals surface area contributed by atoms with Crippen molar-refractivity contribution in [2.45, 2.75) is 52.4 Å². The molecule has 0 saturated heterocycles. The average Bonchev–Trinajstić information content (AvgIpc) is 2.53. The molecular weight excluding hydrogens is 334 g/mol. The molecule has 0 aliphatic carbocycles. The van der Waals surface area contributed by atoms with Crippen LogP contribution in [-0.4, -0.2) is 36.0 Å². The molecule has 0 fully saturated rings. The van der Waals surface area contributed by atoms with E-state index in [-0.39, 0.29) is 6.10 Å². The van der Waals surface area contributed by atoms with Crippen LogP contribution < -0.4 is 15.5 Å². The van der Waals surface area contributed by atoms with Crippen LogP contribution in [0.5, 0.6) is 5.75 Å². The van der Waals surface area contributed by atoms with Gasteiger partial charge in [0.05, 0.1) is 6.21 Å². The maximum absolute atomic E-state index is 12.0. The van der Waals surface area contributed by atoms with Crippen LogP contribution in [0.25, 0.3) is 6.08 Å². The SMILES string of the molecule is CC(NC(=O)OC(C)(C)C)C(=O)N/N=C/C1=Cc2ccccc2OC1C. The Kier molecular flexibility index (Phi) is 6.02. The van der Waals surface area contributed by atoms with E-state index in [1.807, 2.05) is 37.3 Å². The number of nitrogens with zero attached hydrogens (tertiary/aromatic N) is 1. The highest BCUT2D eigenvalue weighted by Crippen LogP contribution is 2.28. The molecule has 1 aromatic rings. The molecule has 1 aliphatic heterocycles. The smallest absolute Gasteiger partial charge is 0.408 e. The number of rotatable bonds is 4. The van der Waals surface area contributed by atoms with Gasteiger partial charge < -0.3 is 14.8 Å². The van der Waals surface area contributed by atoms with Gasteiger partial charge in [0.2, 0.25) is 0 Å². The third-order valence-corrected chi connectivity index (χ3v) is 3.53. The number of nitrogens with one attached hydrogen (secondary N) is 2. The second-order valence-electron chi connectivity index (χ2n) is 7.04. The Morgan fingerprint density at radius 2 is 2.00 bits per heavy atom. The van der Waals surface area contributed by atoms with E-state index < -0.39 is 23.6 Å². The van der Waals surface area contributed by atoms with Crippen molar-refractivity contribution in [1.82, 2.24) is 10.7 Å². The van der Waals surface area contributed by atoms with Gasteiger partial charge in [-0.1, -0.05) is 18.2 Å². The van der Waals surface area contributed by atoms with E-state index in [1.165, 1.54) is 0 Å². The van der Waals surface area contributed by atoms with Crippen molar-refractivity contribution < 1.29 is 19.1 Å². The molecule has 0 saturated carbocycles. The van der Waals surface area contributed by atoms with Gasteiger partial charge in [0.1, 0.15) is 23.5 Å². The first-order valence-corrected chi connectivity index (χ1v) is 8.45. The lowest BCUT2D eigenvalue weighted by atomic mass is 10.0. The van der Waals surface area contributed by atoms with Crippen LogP contribution in [0.2, 0.25) is 0 Å². The summed E-state index contributed by atoms with van der Waals surface area (Å²) in [5.74, 6) is 0.369. The zero-order valence-corrected chi connectivity index (χ0v) is 15.7. The predicted molar refractivity (Wildman–Crippen MR) is 100.0 cm³/mol. The van der Waals surface area contributed by atoms with Crippen LogP contribution in [-0.2, 0) is 9.53 Å². The summed E-state index contributed by atoms with van der Waals surface area (Å²) >= 11 is 0. The molecule has 7 heteroatoms. The summed E-state index contributed by atoms with van der Waals surface area (Å²) in [6, 6.07) is 6.91. The predicted octanol–water partition coefficient (Wildman–Crippen LogP) is 2.87. The Labute approximate surface area is 153 Å². The molecule has 0 bridgehead atoms. The van der Waals surface area contributed by atoms with Crippen LogP contribution in [0, 0.1) is 0 Å². The third kappa shape index (κ3) is 5.61. The number of fused-ring (bicyclic) bond motifs is 1. The molecule has 1 heterocycles. The minimum absolute atomic E-state index is 0.178. The largest absolute Gasteiger partial charge is 0.485 e. The van der Waals surface area contributed by atoms with Crippen molar-refractivity contribution in [2.75, 3.05) is 0 Å².